The first kappa shape index (κ1) is 17.9. The van der Waals surface area contributed by atoms with Crippen LogP contribution in [-0.2, 0) is 4.79 Å². The molecule has 1 amide bonds. The molecule has 120 valence electrons. The van der Waals surface area contributed by atoms with E-state index >= 15 is 0 Å². The number of hydrogen-bond donors (Lipinski definition) is 2. The van der Waals surface area contributed by atoms with Crippen LogP contribution in [0.2, 0.25) is 0 Å². The average molecular weight is 315 g/mol. The van der Waals surface area contributed by atoms with Crippen molar-refractivity contribution in [2.45, 2.75) is 0 Å². The van der Waals surface area contributed by atoms with E-state index in [2.05, 4.69) is 0 Å². The van der Waals surface area contributed by atoms with Crippen LogP contribution in [-0.4, -0.2) is 47.9 Å². The van der Waals surface area contributed by atoms with Crippen molar-refractivity contribution in [2.24, 2.45) is 0 Å². The first-order valence-electron chi connectivity index (χ1n) is 6.62. The maximum atomic E-state index is 10.7. The first-order chi connectivity index (χ1) is 10.9. The van der Waals surface area contributed by atoms with Crippen LogP contribution in [0.25, 0.3) is 11.1 Å². The number of carbonyl (C=O) groups is 3. The Morgan fingerprint density at radius 3 is 1.96 bits per heavy atom. The molecule has 6 nitrogen and oxygen atoms in total. The fourth-order valence-corrected chi connectivity index (χ4v) is 1.63. The van der Waals surface area contributed by atoms with Crippen LogP contribution in [0, 0.1) is 0 Å². The number of carboxylic acid groups (broad SMARTS) is 1. The van der Waals surface area contributed by atoms with Gasteiger partial charge in [0, 0.05) is 14.1 Å². The van der Waals surface area contributed by atoms with Crippen molar-refractivity contribution >= 4 is 18.7 Å². The van der Waals surface area contributed by atoms with E-state index < -0.39 is 5.97 Å². The number of hydrogen-bond acceptors (Lipinski definition) is 4. The molecular formula is C17H17NO5. The minimum absolute atomic E-state index is 0.0732. The molecule has 0 unspecified atom stereocenters. The number of carboxylic acids is 1. The maximum Gasteiger partial charge on any atom is 0.335 e. The molecule has 0 fully saturated rings. The van der Waals surface area contributed by atoms with Crippen LogP contribution in [0.4, 0.5) is 0 Å². The molecule has 0 aliphatic heterocycles. The van der Waals surface area contributed by atoms with E-state index in [1.54, 1.807) is 38.4 Å². The molecule has 2 aromatic rings. The fraction of sp³-hybridized carbons (Fsp3) is 0.118. The number of amides is 1. The molecule has 2 N–H and O–H groups in total. The lowest BCUT2D eigenvalue weighted by Crippen LogP contribution is -2.06. The zero-order chi connectivity index (χ0) is 17.4. The summed E-state index contributed by atoms with van der Waals surface area (Å²) in [6.45, 7) is 0. The molecule has 2 rings (SSSR count). The number of phenols is 1. The summed E-state index contributed by atoms with van der Waals surface area (Å²) in [6, 6.07) is 10.9. The molecule has 0 atom stereocenters. The summed E-state index contributed by atoms with van der Waals surface area (Å²) < 4.78 is 0. The summed E-state index contributed by atoms with van der Waals surface area (Å²) in [5.41, 5.74) is 1.93. The zero-order valence-electron chi connectivity index (χ0n) is 12.8. The monoisotopic (exact) mass is 315 g/mol. The summed E-state index contributed by atoms with van der Waals surface area (Å²) in [5.74, 6) is -1.06. The molecule has 0 radical (unpaired) electrons. The Labute approximate surface area is 133 Å². The molecule has 0 heterocycles. The minimum Gasteiger partial charge on any atom is -0.507 e. The Bertz CT molecular complexity index is 693. The third kappa shape index (κ3) is 5.28. The number of aromatic hydroxyl groups is 1. The van der Waals surface area contributed by atoms with Crippen LogP contribution in [0.1, 0.15) is 20.7 Å². The van der Waals surface area contributed by atoms with Gasteiger partial charge in [-0.15, -0.1) is 0 Å². The van der Waals surface area contributed by atoms with Gasteiger partial charge in [0.1, 0.15) is 5.75 Å². The van der Waals surface area contributed by atoms with Crippen LogP contribution in [0.15, 0.2) is 42.5 Å². The average Bonchev–Trinajstić information content (AvgIpc) is 2.56. The van der Waals surface area contributed by atoms with Crippen molar-refractivity contribution in [3.05, 3.63) is 53.6 Å². The highest BCUT2D eigenvalue weighted by Gasteiger charge is 2.05. The van der Waals surface area contributed by atoms with Gasteiger partial charge >= 0.3 is 5.97 Å². The zero-order valence-corrected chi connectivity index (χ0v) is 12.8. The highest BCUT2D eigenvalue weighted by Crippen LogP contribution is 2.25. The number of rotatable bonds is 4. The lowest BCUT2D eigenvalue weighted by Gasteiger charge is -2.04. The number of nitrogens with zero attached hydrogens (tertiary/aromatic N) is 1. The van der Waals surface area contributed by atoms with Gasteiger partial charge in [-0.2, -0.15) is 0 Å². The minimum atomic E-state index is -0.985. The van der Waals surface area contributed by atoms with E-state index in [4.69, 9.17) is 5.11 Å². The number of phenolic OH excluding ortho intramolecular Hbond substituents is 1. The smallest absolute Gasteiger partial charge is 0.335 e. The van der Waals surface area contributed by atoms with Gasteiger partial charge in [-0.1, -0.05) is 18.2 Å². The van der Waals surface area contributed by atoms with Crippen LogP contribution >= 0.6 is 0 Å². The number of aldehydes is 1. The van der Waals surface area contributed by atoms with E-state index in [1.807, 2.05) is 0 Å². The van der Waals surface area contributed by atoms with Gasteiger partial charge in [-0.3, -0.25) is 9.59 Å². The third-order valence-corrected chi connectivity index (χ3v) is 2.83. The second-order valence-electron chi connectivity index (χ2n) is 4.84. The van der Waals surface area contributed by atoms with Crippen LogP contribution in [0.5, 0.6) is 5.75 Å². The standard InChI is InChI=1S/C14H10O4.C3H7NO/c15-8-12-7-11(5-6-13(12)16)9-1-3-10(4-2-9)14(17)18;1-4(2)3-5/h1-8,16H,(H,17,18);3H,1-2H3. The largest absolute Gasteiger partial charge is 0.507 e. The third-order valence-electron chi connectivity index (χ3n) is 2.83. The molecular weight excluding hydrogens is 298 g/mol. The van der Waals surface area contributed by atoms with Crippen molar-refractivity contribution in [1.82, 2.24) is 4.90 Å². The van der Waals surface area contributed by atoms with Crippen LogP contribution in [0.3, 0.4) is 0 Å². The summed E-state index contributed by atoms with van der Waals surface area (Å²) in [6.07, 6.45) is 1.32. The van der Waals surface area contributed by atoms with Gasteiger partial charge in [-0.25, -0.2) is 4.79 Å². The predicted octanol–water partition coefficient (Wildman–Crippen LogP) is 2.27. The van der Waals surface area contributed by atoms with Crippen molar-refractivity contribution in [1.29, 1.82) is 0 Å². The van der Waals surface area contributed by atoms with Crippen molar-refractivity contribution in [3.8, 4) is 16.9 Å². The van der Waals surface area contributed by atoms with E-state index in [0.29, 0.717) is 6.29 Å². The molecule has 0 spiro atoms. The second-order valence-corrected chi connectivity index (χ2v) is 4.84. The van der Waals surface area contributed by atoms with Crippen molar-refractivity contribution in [2.75, 3.05) is 14.1 Å². The highest BCUT2D eigenvalue weighted by molar-refractivity contribution is 5.88. The predicted molar refractivity (Wildman–Crippen MR) is 85.6 cm³/mol. The van der Waals surface area contributed by atoms with E-state index in [0.717, 1.165) is 17.5 Å². The summed E-state index contributed by atoms with van der Waals surface area (Å²) in [7, 11) is 3.38. The Morgan fingerprint density at radius 2 is 1.52 bits per heavy atom. The lowest BCUT2D eigenvalue weighted by atomic mass is 10.0. The SMILES string of the molecule is CN(C)C=O.O=Cc1cc(-c2ccc(C(=O)O)cc2)ccc1O. The van der Waals surface area contributed by atoms with Gasteiger partial charge in [0.05, 0.1) is 11.1 Å². The Morgan fingerprint density at radius 1 is 1.00 bits per heavy atom. The lowest BCUT2D eigenvalue weighted by molar-refractivity contribution is -0.115. The molecule has 0 aliphatic carbocycles. The number of benzene rings is 2. The Balaban J connectivity index is 0.000000463. The van der Waals surface area contributed by atoms with Gasteiger partial charge in [0.25, 0.3) is 0 Å². The van der Waals surface area contributed by atoms with Crippen LogP contribution < -0.4 is 0 Å². The molecule has 2 aromatic carbocycles. The number of aromatic carboxylic acids is 1. The Kier molecular flexibility index (Phi) is 6.48. The number of carbonyl (C=O) groups excluding carboxylic acids is 2. The van der Waals surface area contributed by atoms with Gasteiger partial charge < -0.3 is 15.1 Å². The Hall–Kier alpha value is -3.15. The summed E-state index contributed by atoms with van der Waals surface area (Å²) in [4.78, 5) is 32.3. The summed E-state index contributed by atoms with van der Waals surface area (Å²) >= 11 is 0. The summed E-state index contributed by atoms with van der Waals surface area (Å²) in [5, 5.41) is 18.2. The molecule has 0 bridgehead atoms. The molecule has 0 aliphatic rings. The molecule has 23 heavy (non-hydrogen) atoms. The topological polar surface area (TPSA) is 94.9 Å². The fourth-order valence-electron chi connectivity index (χ4n) is 1.63. The van der Waals surface area contributed by atoms with Gasteiger partial charge in [0.2, 0.25) is 6.41 Å². The van der Waals surface area contributed by atoms with Gasteiger partial charge in [0.15, 0.2) is 6.29 Å². The first-order valence-corrected chi connectivity index (χ1v) is 6.62. The normalized spacial score (nSPS) is 9.30. The molecule has 6 heteroatoms. The molecule has 0 saturated carbocycles. The van der Waals surface area contributed by atoms with E-state index in [9.17, 15) is 19.5 Å². The van der Waals surface area contributed by atoms with E-state index in [1.165, 1.54) is 23.1 Å². The van der Waals surface area contributed by atoms with Crippen molar-refractivity contribution < 1.29 is 24.6 Å². The highest BCUT2D eigenvalue weighted by atomic mass is 16.4. The van der Waals surface area contributed by atoms with Gasteiger partial charge in [-0.05, 0) is 35.4 Å². The van der Waals surface area contributed by atoms with Crippen molar-refractivity contribution in [3.63, 3.8) is 0 Å². The molecule has 0 aromatic heterocycles. The maximum absolute atomic E-state index is 10.7. The van der Waals surface area contributed by atoms with E-state index in [-0.39, 0.29) is 16.9 Å². The quantitative estimate of drug-likeness (QED) is 0.844. The second kappa shape index (κ2) is 8.33. The molecule has 0 saturated heterocycles.